The van der Waals surface area contributed by atoms with Crippen LogP contribution >= 0.6 is 0 Å². The number of benzene rings is 1. The Labute approximate surface area is 119 Å². The standard InChI is InChI=1S/C16H21NO3/c18-14(11-17-13-4-2-1-3-5-13)12-6-7-15-16(10-12)20-9-8-19-15/h1-2,6-7,10,13-14,17-18H,3-5,8-9,11H2. The van der Waals surface area contributed by atoms with E-state index in [-0.39, 0.29) is 0 Å². The largest absolute Gasteiger partial charge is 0.486 e. The van der Waals surface area contributed by atoms with Crippen molar-refractivity contribution in [3.05, 3.63) is 35.9 Å². The predicted molar refractivity (Wildman–Crippen MR) is 77.2 cm³/mol. The average molecular weight is 275 g/mol. The first-order valence-corrected chi connectivity index (χ1v) is 7.29. The van der Waals surface area contributed by atoms with Gasteiger partial charge in [-0.3, -0.25) is 0 Å². The molecule has 0 saturated heterocycles. The van der Waals surface area contributed by atoms with Gasteiger partial charge >= 0.3 is 0 Å². The molecule has 0 bridgehead atoms. The second kappa shape index (κ2) is 6.29. The van der Waals surface area contributed by atoms with E-state index in [0.717, 1.165) is 36.3 Å². The minimum absolute atomic E-state index is 0.479. The predicted octanol–water partition coefficient (Wildman–Crippen LogP) is 2.19. The fraction of sp³-hybridized carbons (Fsp3) is 0.500. The van der Waals surface area contributed by atoms with Crippen molar-refractivity contribution in [2.45, 2.75) is 31.4 Å². The number of aliphatic hydroxyl groups excluding tert-OH is 1. The van der Waals surface area contributed by atoms with E-state index in [4.69, 9.17) is 9.47 Å². The normalized spacial score (nSPS) is 22.6. The number of hydrogen-bond acceptors (Lipinski definition) is 4. The number of hydrogen-bond donors (Lipinski definition) is 2. The average Bonchev–Trinajstić information content (AvgIpc) is 2.53. The molecule has 0 fully saturated rings. The van der Waals surface area contributed by atoms with Gasteiger partial charge in [-0.25, -0.2) is 0 Å². The summed E-state index contributed by atoms with van der Waals surface area (Å²) < 4.78 is 11.0. The molecule has 1 aromatic rings. The van der Waals surface area contributed by atoms with Crippen molar-refractivity contribution in [3.63, 3.8) is 0 Å². The molecular weight excluding hydrogens is 254 g/mol. The third kappa shape index (κ3) is 3.14. The van der Waals surface area contributed by atoms with Crippen molar-refractivity contribution in [3.8, 4) is 11.5 Å². The fourth-order valence-electron chi connectivity index (χ4n) is 2.64. The summed E-state index contributed by atoms with van der Waals surface area (Å²) in [6, 6.07) is 6.13. The molecule has 1 aromatic carbocycles. The Morgan fingerprint density at radius 1 is 1.20 bits per heavy atom. The summed E-state index contributed by atoms with van der Waals surface area (Å²) in [6.45, 7) is 1.73. The first-order valence-electron chi connectivity index (χ1n) is 7.29. The Bertz CT molecular complexity index is 487. The maximum Gasteiger partial charge on any atom is 0.161 e. The number of allylic oxidation sites excluding steroid dienone is 1. The Morgan fingerprint density at radius 3 is 2.85 bits per heavy atom. The third-order valence-corrected chi connectivity index (χ3v) is 3.82. The van der Waals surface area contributed by atoms with Gasteiger partial charge < -0.3 is 19.9 Å². The zero-order valence-corrected chi connectivity index (χ0v) is 11.5. The SMILES string of the molecule is OC(CNC1CC=CCC1)c1ccc2c(c1)OCCO2. The second-order valence-corrected chi connectivity index (χ2v) is 5.31. The van der Waals surface area contributed by atoms with Crippen LogP contribution in [-0.4, -0.2) is 30.9 Å². The first-order chi connectivity index (χ1) is 9.83. The number of ether oxygens (including phenoxy) is 2. The summed E-state index contributed by atoms with van der Waals surface area (Å²) >= 11 is 0. The van der Waals surface area contributed by atoms with Gasteiger partial charge in [0.25, 0.3) is 0 Å². The van der Waals surface area contributed by atoms with Crippen molar-refractivity contribution < 1.29 is 14.6 Å². The van der Waals surface area contributed by atoms with E-state index in [1.807, 2.05) is 18.2 Å². The summed E-state index contributed by atoms with van der Waals surface area (Å²) in [6.07, 6.45) is 7.22. The van der Waals surface area contributed by atoms with E-state index in [2.05, 4.69) is 17.5 Å². The van der Waals surface area contributed by atoms with Gasteiger partial charge in [0.05, 0.1) is 6.10 Å². The van der Waals surface area contributed by atoms with Gasteiger partial charge in [0.2, 0.25) is 0 Å². The van der Waals surface area contributed by atoms with Crippen LogP contribution in [0.4, 0.5) is 0 Å². The highest BCUT2D eigenvalue weighted by Gasteiger charge is 2.17. The third-order valence-electron chi connectivity index (χ3n) is 3.82. The number of rotatable bonds is 4. The molecule has 2 N–H and O–H groups in total. The molecule has 0 saturated carbocycles. The zero-order chi connectivity index (χ0) is 13.8. The molecule has 20 heavy (non-hydrogen) atoms. The number of aliphatic hydroxyl groups is 1. The molecular formula is C16H21NO3. The van der Waals surface area contributed by atoms with Crippen molar-refractivity contribution >= 4 is 0 Å². The maximum absolute atomic E-state index is 10.3. The molecule has 0 aromatic heterocycles. The highest BCUT2D eigenvalue weighted by molar-refractivity contribution is 5.44. The van der Waals surface area contributed by atoms with Crippen LogP contribution in [0.1, 0.15) is 30.9 Å². The van der Waals surface area contributed by atoms with Crippen LogP contribution in [0.25, 0.3) is 0 Å². The quantitative estimate of drug-likeness (QED) is 0.827. The van der Waals surface area contributed by atoms with Crippen molar-refractivity contribution in [2.75, 3.05) is 19.8 Å². The van der Waals surface area contributed by atoms with Crippen molar-refractivity contribution in [1.29, 1.82) is 0 Å². The molecule has 108 valence electrons. The second-order valence-electron chi connectivity index (χ2n) is 5.31. The minimum Gasteiger partial charge on any atom is -0.486 e. The van der Waals surface area contributed by atoms with Crippen LogP contribution in [0.5, 0.6) is 11.5 Å². The lowest BCUT2D eigenvalue weighted by molar-refractivity contribution is 0.160. The Hall–Kier alpha value is -1.52. The summed E-state index contributed by atoms with van der Waals surface area (Å²) in [7, 11) is 0. The lowest BCUT2D eigenvalue weighted by Gasteiger charge is -2.23. The van der Waals surface area contributed by atoms with E-state index in [1.54, 1.807) is 0 Å². The molecule has 4 heteroatoms. The van der Waals surface area contributed by atoms with Gasteiger partial charge in [-0.1, -0.05) is 18.2 Å². The fourth-order valence-corrected chi connectivity index (χ4v) is 2.64. The van der Waals surface area contributed by atoms with E-state index in [9.17, 15) is 5.11 Å². The Kier molecular flexibility index (Phi) is 4.23. The topological polar surface area (TPSA) is 50.7 Å². The van der Waals surface area contributed by atoms with Crippen LogP contribution < -0.4 is 14.8 Å². The molecule has 2 aliphatic rings. The Balaban J connectivity index is 1.59. The maximum atomic E-state index is 10.3. The van der Waals surface area contributed by atoms with E-state index < -0.39 is 6.10 Å². The summed E-state index contributed by atoms with van der Waals surface area (Å²) in [4.78, 5) is 0. The number of nitrogens with one attached hydrogen (secondary N) is 1. The highest BCUT2D eigenvalue weighted by atomic mass is 16.6. The zero-order valence-electron chi connectivity index (χ0n) is 11.5. The van der Waals surface area contributed by atoms with Crippen LogP contribution in [0.2, 0.25) is 0 Å². The van der Waals surface area contributed by atoms with Gasteiger partial charge in [0, 0.05) is 12.6 Å². The molecule has 1 aliphatic carbocycles. The molecule has 0 radical (unpaired) electrons. The summed E-state index contributed by atoms with van der Waals surface area (Å²) in [5.74, 6) is 1.49. The lowest BCUT2D eigenvalue weighted by Crippen LogP contribution is -2.33. The summed E-state index contributed by atoms with van der Waals surface area (Å²) in [5.41, 5.74) is 0.869. The molecule has 0 spiro atoms. The first kappa shape index (κ1) is 13.5. The Morgan fingerprint density at radius 2 is 2.05 bits per heavy atom. The monoisotopic (exact) mass is 275 g/mol. The van der Waals surface area contributed by atoms with Gasteiger partial charge in [-0.2, -0.15) is 0 Å². The van der Waals surface area contributed by atoms with Gasteiger partial charge in [0.15, 0.2) is 11.5 Å². The number of fused-ring (bicyclic) bond motifs is 1. The smallest absolute Gasteiger partial charge is 0.161 e. The molecule has 1 heterocycles. The highest BCUT2D eigenvalue weighted by Crippen LogP contribution is 2.32. The van der Waals surface area contributed by atoms with Gasteiger partial charge in [0.1, 0.15) is 13.2 Å². The molecule has 2 unspecified atom stereocenters. The van der Waals surface area contributed by atoms with Crippen LogP contribution in [0.15, 0.2) is 30.4 Å². The molecule has 0 amide bonds. The van der Waals surface area contributed by atoms with E-state index in [1.165, 1.54) is 0 Å². The molecule has 2 atom stereocenters. The van der Waals surface area contributed by atoms with E-state index >= 15 is 0 Å². The lowest BCUT2D eigenvalue weighted by atomic mass is 10.0. The van der Waals surface area contributed by atoms with Gasteiger partial charge in [-0.05, 0) is 37.0 Å². The van der Waals surface area contributed by atoms with Crippen molar-refractivity contribution in [1.82, 2.24) is 5.32 Å². The van der Waals surface area contributed by atoms with Crippen LogP contribution in [0, 0.1) is 0 Å². The van der Waals surface area contributed by atoms with Crippen LogP contribution in [0.3, 0.4) is 0 Å². The van der Waals surface area contributed by atoms with Gasteiger partial charge in [-0.15, -0.1) is 0 Å². The summed E-state index contributed by atoms with van der Waals surface area (Å²) in [5, 5.41) is 13.7. The molecule has 1 aliphatic heterocycles. The van der Waals surface area contributed by atoms with E-state index in [0.29, 0.717) is 25.8 Å². The molecule has 4 nitrogen and oxygen atoms in total. The van der Waals surface area contributed by atoms with Crippen molar-refractivity contribution in [2.24, 2.45) is 0 Å². The molecule has 3 rings (SSSR count). The van der Waals surface area contributed by atoms with Crippen LogP contribution in [-0.2, 0) is 0 Å². The minimum atomic E-state index is -0.517.